The van der Waals surface area contributed by atoms with Crippen LogP contribution in [0, 0.1) is 0 Å². The zero-order valence-corrected chi connectivity index (χ0v) is 22.0. The number of pyridine rings is 1. The summed E-state index contributed by atoms with van der Waals surface area (Å²) >= 11 is 3.77. The van der Waals surface area contributed by atoms with Gasteiger partial charge in [-0.2, -0.15) is 0 Å². The van der Waals surface area contributed by atoms with E-state index in [1.165, 1.54) is 73.4 Å². The molecule has 0 amide bonds. The lowest BCUT2D eigenvalue weighted by molar-refractivity contribution is 1.36. The first-order valence-corrected chi connectivity index (χ1v) is 14.3. The molecule has 0 N–H and O–H groups in total. The summed E-state index contributed by atoms with van der Waals surface area (Å²) in [6.45, 7) is 0. The summed E-state index contributed by atoms with van der Waals surface area (Å²) in [4.78, 5) is 7.19. The van der Waals surface area contributed by atoms with Crippen LogP contribution in [0.4, 0.5) is 0 Å². The molecule has 2 heterocycles. The van der Waals surface area contributed by atoms with E-state index in [2.05, 4.69) is 120 Å². The fourth-order valence-corrected chi connectivity index (χ4v) is 8.24. The zero-order valence-electron chi connectivity index (χ0n) is 20.4. The van der Waals surface area contributed by atoms with E-state index in [1.807, 2.05) is 35.5 Å². The van der Waals surface area contributed by atoms with Crippen LogP contribution in [0.5, 0.6) is 0 Å². The minimum Gasteiger partial charge on any atom is -0.264 e. The molecule has 8 rings (SSSR count). The molecule has 0 atom stereocenters. The summed E-state index contributed by atoms with van der Waals surface area (Å²) in [5.74, 6) is 0. The van der Waals surface area contributed by atoms with Crippen molar-refractivity contribution in [2.75, 3.05) is 0 Å². The van der Waals surface area contributed by atoms with Crippen molar-refractivity contribution in [1.29, 1.82) is 0 Å². The van der Waals surface area contributed by atoms with Gasteiger partial charge < -0.3 is 0 Å². The highest BCUT2D eigenvalue weighted by atomic mass is 32.2. The first kappa shape index (κ1) is 21.9. The van der Waals surface area contributed by atoms with Crippen molar-refractivity contribution in [3.05, 3.63) is 128 Å². The minimum absolute atomic E-state index is 1.19. The lowest BCUT2D eigenvalue weighted by atomic mass is 9.90. The molecule has 0 bridgehead atoms. The summed E-state index contributed by atoms with van der Waals surface area (Å²) in [6.07, 6.45) is 3.97. The van der Waals surface area contributed by atoms with Gasteiger partial charge in [-0.05, 0) is 56.3 Å². The molecule has 0 fully saturated rings. The summed E-state index contributed by atoms with van der Waals surface area (Å²) in [6, 6.07) is 41.7. The van der Waals surface area contributed by atoms with Gasteiger partial charge in [0.15, 0.2) is 0 Å². The third-order valence-corrected chi connectivity index (χ3v) is 9.97. The number of hydrogen-bond donors (Lipinski definition) is 0. The fourth-order valence-electron chi connectivity index (χ4n) is 5.74. The lowest BCUT2D eigenvalue weighted by Gasteiger charge is -2.18. The predicted octanol–water partition coefficient (Wildman–Crippen LogP) is 10.7. The van der Waals surface area contributed by atoms with Gasteiger partial charge in [-0.3, -0.25) is 4.98 Å². The van der Waals surface area contributed by atoms with Gasteiger partial charge in [-0.25, -0.2) is 0 Å². The number of aromatic nitrogens is 1. The average Bonchev–Trinajstić information content (AvgIpc) is 3.37. The lowest BCUT2D eigenvalue weighted by Crippen LogP contribution is -1.91. The van der Waals surface area contributed by atoms with Crippen molar-refractivity contribution in [2.45, 2.75) is 9.79 Å². The van der Waals surface area contributed by atoms with Crippen LogP contribution in [-0.4, -0.2) is 4.98 Å². The van der Waals surface area contributed by atoms with Crippen LogP contribution >= 0.6 is 23.1 Å². The number of thiophene rings is 1. The Kier molecular flexibility index (Phi) is 5.00. The van der Waals surface area contributed by atoms with Crippen molar-refractivity contribution in [2.24, 2.45) is 0 Å². The third-order valence-electron chi connectivity index (χ3n) is 7.42. The first-order valence-electron chi connectivity index (χ1n) is 12.7. The molecule has 6 aromatic carbocycles. The highest BCUT2D eigenvalue weighted by molar-refractivity contribution is 8.00. The van der Waals surface area contributed by atoms with E-state index in [9.17, 15) is 0 Å². The molecule has 2 aromatic heterocycles. The molecular weight excluding hydrogens is 499 g/mol. The molecule has 0 saturated heterocycles. The average molecular weight is 520 g/mol. The summed E-state index contributed by atoms with van der Waals surface area (Å²) in [7, 11) is 0. The van der Waals surface area contributed by atoms with Gasteiger partial charge in [0.05, 0.1) is 0 Å². The van der Waals surface area contributed by atoms with E-state index < -0.39 is 0 Å². The Morgan fingerprint density at radius 2 is 1.21 bits per heavy atom. The maximum absolute atomic E-state index is 4.61. The molecule has 0 aliphatic heterocycles. The Labute approximate surface area is 228 Å². The van der Waals surface area contributed by atoms with Gasteiger partial charge in [-0.15, -0.1) is 11.3 Å². The molecule has 0 aliphatic rings. The van der Waals surface area contributed by atoms with Crippen LogP contribution in [0.15, 0.2) is 137 Å². The van der Waals surface area contributed by atoms with Crippen LogP contribution in [0.3, 0.4) is 0 Å². The van der Waals surface area contributed by atoms with Gasteiger partial charge in [0.25, 0.3) is 0 Å². The topological polar surface area (TPSA) is 12.9 Å². The SMILES string of the molecule is c1ccc2c(-c3c4ccccc4c(Sc4cccc5c4sc4ccccc45)c4ccncc34)cccc2c1. The Morgan fingerprint density at radius 1 is 0.526 bits per heavy atom. The van der Waals surface area contributed by atoms with Crippen molar-refractivity contribution >= 4 is 75.6 Å². The second-order valence-corrected chi connectivity index (χ2v) is 11.6. The number of benzene rings is 6. The Bertz CT molecular complexity index is 2110. The molecule has 1 nitrogen and oxygen atoms in total. The second kappa shape index (κ2) is 8.70. The van der Waals surface area contributed by atoms with E-state index in [1.54, 1.807) is 0 Å². The van der Waals surface area contributed by atoms with Crippen molar-refractivity contribution in [3.8, 4) is 11.1 Å². The molecule has 8 aromatic rings. The van der Waals surface area contributed by atoms with Gasteiger partial charge in [0, 0.05) is 47.7 Å². The number of nitrogens with zero attached hydrogens (tertiary/aromatic N) is 1. The van der Waals surface area contributed by atoms with Crippen molar-refractivity contribution in [3.63, 3.8) is 0 Å². The summed E-state index contributed by atoms with van der Waals surface area (Å²) in [5, 5.41) is 10.1. The maximum atomic E-state index is 4.61. The molecule has 0 saturated carbocycles. The largest absolute Gasteiger partial charge is 0.264 e. The van der Waals surface area contributed by atoms with Gasteiger partial charge in [0.1, 0.15) is 0 Å². The smallest absolute Gasteiger partial charge is 0.0494 e. The van der Waals surface area contributed by atoms with E-state index in [0.717, 1.165) is 0 Å². The summed E-state index contributed by atoms with van der Waals surface area (Å²) in [5.41, 5.74) is 2.50. The highest BCUT2D eigenvalue weighted by Gasteiger charge is 2.19. The zero-order chi connectivity index (χ0) is 25.1. The predicted molar refractivity (Wildman–Crippen MR) is 166 cm³/mol. The third kappa shape index (κ3) is 3.29. The van der Waals surface area contributed by atoms with Gasteiger partial charge in [-0.1, -0.05) is 109 Å². The Morgan fingerprint density at radius 3 is 2.13 bits per heavy atom. The molecule has 178 valence electrons. The van der Waals surface area contributed by atoms with Crippen molar-refractivity contribution < 1.29 is 0 Å². The molecule has 0 unspecified atom stereocenters. The standard InChI is InChI=1S/C35H21NS2/c1-2-11-23-22(9-1)10-7-15-25(23)33-26-13-3-4-14-28(26)34(29-19-20-36-21-30(29)33)38-32-18-8-16-27-24-12-5-6-17-31(24)37-35(27)32/h1-21H. The molecule has 0 aliphatic carbocycles. The maximum Gasteiger partial charge on any atom is 0.0494 e. The molecular formula is C35H21NS2. The highest BCUT2D eigenvalue weighted by Crippen LogP contribution is 2.48. The van der Waals surface area contributed by atoms with E-state index >= 15 is 0 Å². The van der Waals surface area contributed by atoms with E-state index in [-0.39, 0.29) is 0 Å². The van der Waals surface area contributed by atoms with E-state index in [4.69, 9.17) is 0 Å². The molecule has 3 heteroatoms. The van der Waals surface area contributed by atoms with Crippen LogP contribution in [0.2, 0.25) is 0 Å². The Hall–Kier alpha value is -4.18. The molecule has 38 heavy (non-hydrogen) atoms. The monoisotopic (exact) mass is 519 g/mol. The summed E-state index contributed by atoms with van der Waals surface area (Å²) < 4.78 is 2.68. The second-order valence-electron chi connectivity index (χ2n) is 9.53. The molecule has 0 radical (unpaired) electrons. The first-order chi connectivity index (χ1) is 18.9. The quantitative estimate of drug-likeness (QED) is 0.215. The van der Waals surface area contributed by atoms with E-state index in [0.29, 0.717) is 0 Å². The van der Waals surface area contributed by atoms with Gasteiger partial charge in [0.2, 0.25) is 0 Å². The van der Waals surface area contributed by atoms with Gasteiger partial charge >= 0.3 is 0 Å². The number of rotatable bonds is 3. The molecule has 0 spiro atoms. The normalized spacial score (nSPS) is 11.8. The van der Waals surface area contributed by atoms with Crippen LogP contribution in [-0.2, 0) is 0 Å². The number of hydrogen-bond acceptors (Lipinski definition) is 3. The van der Waals surface area contributed by atoms with Crippen molar-refractivity contribution in [1.82, 2.24) is 4.98 Å². The van der Waals surface area contributed by atoms with Crippen LogP contribution in [0.25, 0.3) is 63.6 Å². The Balaban J connectivity index is 1.44. The minimum atomic E-state index is 1.19. The van der Waals surface area contributed by atoms with Crippen LogP contribution in [0.1, 0.15) is 0 Å². The van der Waals surface area contributed by atoms with Crippen LogP contribution < -0.4 is 0 Å². The number of fused-ring (bicyclic) bond motifs is 6. The fraction of sp³-hybridized carbons (Fsp3) is 0.